The van der Waals surface area contributed by atoms with E-state index in [1.54, 1.807) is 30.5 Å². The van der Waals surface area contributed by atoms with Crippen molar-refractivity contribution in [2.45, 2.75) is 6.54 Å². The second-order valence-electron chi connectivity index (χ2n) is 7.64. The van der Waals surface area contributed by atoms with E-state index >= 15 is 0 Å². The molecule has 2 aromatic heterocycles. The molecule has 0 saturated heterocycles. The predicted molar refractivity (Wildman–Crippen MR) is 133 cm³/mol. The monoisotopic (exact) mass is 516 g/mol. The van der Waals surface area contributed by atoms with Gasteiger partial charge in [-0.2, -0.15) is 5.10 Å². The molecule has 0 spiro atoms. The molecule has 2 heterocycles. The van der Waals surface area contributed by atoms with Crippen molar-refractivity contribution >= 4 is 55.6 Å². The first-order valence-corrected chi connectivity index (χ1v) is 11.1. The molecule has 0 saturated carbocycles. The molecule has 168 valence electrons. The smallest absolute Gasteiger partial charge is 0.307 e. The standard InChI is InChI=1S/C25H17BrN4O4/c26-19-7-10-23-17(11-19)12-24(34-23)25(31)28-27-13-18-15-29(22-4-2-1-3-21(18)22)14-16-5-8-20(9-6-16)30(32)33/h1-13,15H,14H2,(H,28,31)/b27-13-. The van der Waals surface area contributed by atoms with E-state index in [0.29, 0.717) is 12.1 Å². The second-order valence-corrected chi connectivity index (χ2v) is 8.56. The maximum Gasteiger partial charge on any atom is 0.307 e. The molecule has 0 radical (unpaired) electrons. The van der Waals surface area contributed by atoms with Gasteiger partial charge in [-0.25, -0.2) is 5.43 Å². The van der Waals surface area contributed by atoms with E-state index in [2.05, 4.69) is 26.5 Å². The number of benzene rings is 3. The van der Waals surface area contributed by atoms with Crippen LogP contribution in [0.2, 0.25) is 0 Å². The molecule has 34 heavy (non-hydrogen) atoms. The number of halogens is 1. The minimum atomic E-state index is -0.446. The Kier molecular flexibility index (Phi) is 5.69. The molecule has 5 rings (SSSR count). The highest BCUT2D eigenvalue weighted by Gasteiger charge is 2.13. The lowest BCUT2D eigenvalue weighted by molar-refractivity contribution is -0.384. The van der Waals surface area contributed by atoms with Crippen LogP contribution in [-0.2, 0) is 6.54 Å². The predicted octanol–water partition coefficient (Wildman–Crippen LogP) is 5.87. The SMILES string of the molecule is O=C(N/N=C\c1cn(Cc2ccc([N+](=O)[O-])cc2)c2ccccc12)c1cc2cc(Br)ccc2o1. The fourth-order valence-electron chi connectivity index (χ4n) is 3.77. The Morgan fingerprint density at radius 1 is 1.12 bits per heavy atom. The molecule has 0 atom stereocenters. The van der Waals surface area contributed by atoms with E-state index in [9.17, 15) is 14.9 Å². The number of hydrogen-bond acceptors (Lipinski definition) is 5. The van der Waals surface area contributed by atoms with E-state index in [4.69, 9.17) is 4.42 Å². The van der Waals surface area contributed by atoms with Crippen LogP contribution >= 0.6 is 15.9 Å². The van der Waals surface area contributed by atoms with E-state index in [1.165, 1.54) is 12.1 Å². The highest BCUT2D eigenvalue weighted by molar-refractivity contribution is 9.10. The van der Waals surface area contributed by atoms with Gasteiger partial charge in [0.1, 0.15) is 5.58 Å². The van der Waals surface area contributed by atoms with Gasteiger partial charge in [-0.05, 0) is 35.9 Å². The average molecular weight is 517 g/mol. The number of nitro benzene ring substituents is 1. The van der Waals surface area contributed by atoms with Gasteiger partial charge in [0, 0.05) is 51.2 Å². The molecule has 9 heteroatoms. The third-order valence-corrected chi connectivity index (χ3v) is 5.88. The number of nitrogens with one attached hydrogen (secondary N) is 1. The number of carbonyl (C=O) groups is 1. The summed E-state index contributed by atoms with van der Waals surface area (Å²) >= 11 is 3.40. The largest absolute Gasteiger partial charge is 0.451 e. The van der Waals surface area contributed by atoms with Gasteiger partial charge in [0.2, 0.25) is 0 Å². The van der Waals surface area contributed by atoms with Gasteiger partial charge < -0.3 is 8.98 Å². The fraction of sp³-hybridized carbons (Fsp3) is 0.0400. The Morgan fingerprint density at radius 3 is 2.71 bits per heavy atom. The van der Waals surface area contributed by atoms with Gasteiger partial charge >= 0.3 is 5.91 Å². The number of aromatic nitrogens is 1. The highest BCUT2D eigenvalue weighted by atomic mass is 79.9. The number of rotatable bonds is 6. The fourth-order valence-corrected chi connectivity index (χ4v) is 4.15. The summed E-state index contributed by atoms with van der Waals surface area (Å²) < 4.78 is 8.54. The first-order chi connectivity index (χ1) is 16.5. The molecular formula is C25H17BrN4O4. The summed E-state index contributed by atoms with van der Waals surface area (Å²) in [7, 11) is 0. The Balaban J connectivity index is 1.36. The maximum atomic E-state index is 12.5. The van der Waals surface area contributed by atoms with Crippen molar-refractivity contribution in [3.8, 4) is 0 Å². The Hall–Kier alpha value is -4.24. The van der Waals surface area contributed by atoms with Crippen molar-refractivity contribution in [1.29, 1.82) is 0 Å². The number of non-ortho nitro benzene ring substituents is 1. The number of carbonyl (C=O) groups excluding carboxylic acids is 1. The molecular weight excluding hydrogens is 500 g/mol. The van der Waals surface area contributed by atoms with Crippen molar-refractivity contribution in [3.63, 3.8) is 0 Å². The topological polar surface area (TPSA) is 103 Å². The quantitative estimate of drug-likeness (QED) is 0.173. The molecule has 1 amide bonds. The number of hydrogen-bond donors (Lipinski definition) is 1. The molecule has 0 fully saturated rings. The molecule has 0 aliphatic rings. The Labute approximate surface area is 201 Å². The zero-order valence-corrected chi connectivity index (χ0v) is 19.2. The first-order valence-electron chi connectivity index (χ1n) is 10.3. The summed E-state index contributed by atoms with van der Waals surface area (Å²) in [6, 6.07) is 21.5. The van der Waals surface area contributed by atoms with Crippen molar-refractivity contribution in [2.24, 2.45) is 5.10 Å². The van der Waals surface area contributed by atoms with Gasteiger partial charge in [0.05, 0.1) is 11.1 Å². The molecule has 3 aromatic carbocycles. The summed E-state index contributed by atoms with van der Waals surface area (Å²) in [5, 5.41) is 16.8. The van der Waals surface area contributed by atoms with Crippen LogP contribution in [0.25, 0.3) is 21.9 Å². The van der Waals surface area contributed by atoms with E-state index in [-0.39, 0.29) is 11.4 Å². The second kappa shape index (κ2) is 8.95. The van der Waals surface area contributed by atoms with Crippen LogP contribution in [-0.4, -0.2) is 21.6 Å². The number of fused-ring (bicyclic) bond motifs is 2. The first kappa shape index (κ1) is 21.6. The summed E-state index contributed by atoms with van der Waals surface area (Å²) in [4.78, 5) is 23.0. The van der Waals surface area contributed by atoms with Crippen LogP contribution in [0.3, 0.4) is 0 Å². The van der Waals surface area contributed by atoms with E-state index in [1.807, 2.05) is 47.2 Å². The Morgan fingerprint density at radius 2 is 1.91 bits per heavy atom. The zero-order valence-electron chi connectivity index (χ0n) is 17.6. The number of nitro groups is 1. The van der Waals surface area contributed by atoms with Gasteiger partial charge in [-0.3, -0.25) is 14.9 Å². The van der Waals surface area contributed by atoms with Crippen LogP contribution in [0.5, 0.6) is 0 Å². The minimum absolute atomic E-state index is 0.0572. The maximum absolute atomic E-state index is 12.5. The number of furan rings is 1. The van der Waals surface area contributed by atoms with Crippen molar-refractivity contribution in [3.05, 3.63) is 110 Å². The summed E-state index contributed by atoms with van der Waals surface area (Å²) in [6.45, 7) is 0.535. The number of para-hydroxylation sites is 1. The lowest BCUT2D eigenvalue weighted by Gasteiger charge is -2.05. The third kappa shape index (κ3) is 4.33. The molecule has 8 nitrogen and oxygen atoms in total. The highest BCUT2D eigenvalue weighted by Crippen LogP contribution is 2.24. The number of amides is 1. The van der Waals surface area contributed by atoms with Crippen LogP contribution in [0.15, 0.2) is 93.0 Å². The van der Waals surface area contributed by atoms with Crippen molar-refractivity contribution in [1.82, 2.24) is 9.99 Å². The van der Waals surface area contributed by atoms with E-state index in [0.717, 1.165) is 31.9 Å². The van der Waals surface area contributed by atoms with Crippen LogP contribution in [0.1, 0.15) is 21.7 Å². The third-order valence-electron chi connectivity index (χ3n) is 5.39. The molecule has 0 aliphatic carbocycles. The number of hydrazone groups is 1. The molecule has 0 unspecified atom stereocenters. The van der Waals surface area contributed by atoms with Crippen LogP contribution in [0.4, 0.5) is 5.69 Å². The molecule has 0 aliphatic heterocycles. The summed E-state index contributed by atoms with van der Waals surface area (Å²) in [6.07, 6.45) is 3.52. The molecule has 1 N–H and O–H groups in total. The average Bonchev–Trinajstić information content (AvgIpc) is 3.41. The lowest BCUT2D eigenvalue weighted by Crippen LogP contribution is -2.16. The van der Waals surface area contributed by atoms with E-state index < -0.39 is 10.8 Å². The summed E-state index contributed by atoms with van der Waals surface area (Å²) in [5.74, 6) is -0.274. The van der Waals surface area contributed by atoms with Crippen molar-refractivity contribution < 1.29 is 14.1 Å². The van der Waals surface area contributed by atoms with Gasteiger partial charge in [0.25, 0.3) is 5.69 Å². The van der Waals surface area contributed by atoms with Gasteiger partial charge in [-0.15, -0.1) is 0 Å². The van der Waals surface area contributed by atoms with Crippen molar-refractivity contribution in [2.75, 3.05) is 0 Å². The zero-order chi connectivity index (χ0) is 23.7. The van der Waals surface area contributed by atoms with Gasteiger partial charge in [0.15, 0.2) is 5.76 Å². The van der Waals surface area contributed by atoms with Gasteiger partial charge in [-0.1, -0.05) is 46.3 Å². The van der Waals surface area contributed by atoms with Crippen LogP contribution < -0.4 is 5.43 Å². The normalized spacial score (nSPS) is 11.4. The van der Waals surface area contributed by atoms with Crippen LogP contribution in [0, 0.1) is 10.1 Å². The lowest BCUT2D eigenvalue weighted by atomic mass is 10.2. The number of nitrogens with zero attached hydrogens (tertiary/aromatic N) is 3. The Bertz CT molecular complexity index is 1570. The molecule has 5 aromatic rings. The minimum Gasteiger partial charge on any atom is -0.451 e. The summed E-state index contributed by atoms with van der Waals surface area (Å²) in [5.41, 5.74) is 5.93. The molecule has 0 bridgehead atoms.